The van der Waals surface area contributed by atoms with E-state index in [4.69, 9.17) is 5.73 Å². The van der Waals surface area contributed by atoms with Crippen LogP contribution in [-0.2, 0) is 4.79 Å². The number of anilines is 3. The maximum absolute atomic E-state index is 11.9. The molecule has 2 aromatic rings. The molecular weight excluding hydrogens is 394 g/mol. The molecule has 1 aliphatic rings. The summed E-state index contributed by atoms with van der Waals surface area (Å²) in [6, 6.07) is 7.83. The van der Waals surface area contributed by atoms with Crippen molar-refractivity contribution >= 4 is 29.3 Å². The fraction of sp³-hybridized carbons (Fsp3) is 0.409. The fourth-order valence-electron chi connectivity index (χ4n) is 4.06. The Bertz CT molecular complexity index is 978. The molecule has 1 fully saturated rings. The van der Waals surface area contributed by atoms with Gasteiger partial charge in [0.15, 0.2) is 11.5 Å². The summed E-state index contributed by atoms with van der Waals surface area (Å²) in [5.41, 5.74) is 7.30. The number of rotatable bonds is 7. The van der Waals surface area contributed by atoms with Gasteiger partial charge in [0, 0.05) is 24.8 Å². The van der Waals surface area contributed by atoms with E-state index in [0.717, 1.165) is 30.5 Å². The SMILES string of the molecule is C=CC(=O)NC1CCC[C@@H](N(C)c2nnc(C(N)=O)c(Nc3cccc(C)c3)n2)[C@H]1C. The number of primary amides is 1. The van der Waals surface area contributed by atoms with E-state index in [9.17, 15) is 9.59 Å². The van der Waals surface area contributed by atoms with E-state index in [1.165, 1.54) is 6.08 Å². The number of amides is 2. The lowest BCUT2D eigenvalue weighted by atomic mass is 9.81. The van der Waals surface area contributed by atoms with E-state index >= 15 is 0 Å². The number of aryl methyl sites for hydroxylation is 1. The van der Waals surface area contributed by atoms with E-state index in [-0.39, 0.29) is 35.4 Å². The Kier molecular flexibility index (Phi) is 6.84. The summed E-state index contributed by atoms with van der Waals surface area (Å²) in [6.07, 6.45) is 4.09. The Morgan fingerprint density at radius 3 is 2.74 bits per heavy atom. The first-order valence-corrected chi connectivity index (χ1v) is 10.3. The van der Waals surface area contributed by atoms with Crippen molar-refractivity contribution in [1.82, 2.24) is 20.5 Å². The molecule has 4 N–H and O–H groups in total. The minimum Gasteiger partial charge on any atom is -0.364 e. The molecule has 3 rings (SSSR count). The van der Waals surface area contributed by atoms with Gasteiger partial charge in [0.05, 0.1) is 0 Å². The molecule has 3 atom stereocenters. The normalized spacial score (nSPS) is 20.5. The zero-order valence-corrected chi connectivity index (χ0v) is 18.1. The highest BCUT2D eigenvalue weighted by atomic mass is 16.2. The number of carbonyl (C=O) groups is 2. The average Bonchev–Trinajstić information content (AvgIpc) is 2.74. The van der Waals surface area contributed by atoms with Crippen molar-refractivity contribution in [2.75, 3.05) is 17.3 Å². The summed E-state index contributed by atoms with van der Waals surface area (Å²) in [5, 5.41) is 14.3. The summed E-state index contributed by atoms with van der Waals surface area (Å²) in [5.74, 6) is -0.0750. The number of hydrogen-bond acceptors (Lipinski definition) is 7. The van der Waals surface area contributed by atoms with Crippen LogP contribution in [0.1, 0.15) is 42.2 Å². The second kappa shape index (κ2) is 9.55. The van der Waals surface area contributed by atoms with Gasteiger partial charge in [-0.05, 0) is 55.9 Å². The summed E-state index contributed by atoms with van der Waals surface area (Å²) < 4.78 is 0. The van der Waals surface area contributed by atoms with E-state index in [2.05, 4.69) is 39.3 Å². The monoisotopic (exact) mass is 423 g/mol. The zero-order valence-electron chi connectivity index (χ0n) is 18.1. The molecule has 0 bridgehead atoms. The van der Waals surface area contributed by atoms with Crippen LogP contribution in [0.25, 0.3) is 0 Å². The van der Waals surface area contributed by atoms with Crippen molar-refractivity contribution in [3.8, 4) is 0 Å². The van der Waals surface area contributed by atoms with Crippen molar-refractivity contribution < 1.29 is 9.59 Å². The molecule has 1 aliphatic carbocycles. The van der Waals surface area contributed by atoms with Crippen molar-refractivity contribution in [3.05, 3.63) is 48.2 Å². The number of carbonyl (C=O) groups excluding carboxylic acids is 2. The lowest BCUT2D eigenvalue weighted by Crippen LogP contribution is -2.51. The largest absolute Gasteiger partial charge is 0.364 e. The maximum atomic E-state index is 11.9. The van der Waals surface area contributed by atoms with Gasteiger partial charge in [-0.1, -0.05) is 25.6 Å². The van der Waals surface area contributed by atoms with E-state index in [1.807, 2.05) is 43.1 Å². The third kappa shape index (κ3) is 5.17. The van der Waals surface area contributed by atoms with Gasteiger partial charge in [0.1, 0.15) is 0 Å². The molecule has 1 heterocycles. The van der Waals surface area contributed by atoms with E-state index < -0.39 is 5.91 Å². The van der Waals surface area contributed by atoms with Crippen LogP contribution in [0.4, 0.5) is 17.5 Å². The summed E-state index contributed by atoms with van der Waals surface area (Å²) >= 11 is 0. The molecule has 0 saturated heterocycles. The number of nitrogens with one attached hydrogen (secondary N) is 2. The number of hydrogen-bond donors (Lipinski definition) is 3. The topological polar surface area (TPSA) is 126 Å². The Hall–Kier alpha value is -3.49. The van der Waals surface area contributed by atoms with Gasteiger partial charge in [-0.3, -0.25) is 9.59 Å². The van der Waals surface area contributed by atoms with Gasteiger partial charge in [-0.15, -0.1) is 10.2 Å². The summed E-state index contributed by atoms with van der Waals surface area (Å²) in [4.78, 5) is 30.2. The van der Waals surface area contributed by atoms with E-state index in [0.29, 0.717) is 5.95 Å². The molecule has 1 aromatic heterocycles. The first kappa shape index (κ1) is 22.2. The third-order valence-corrected chi connectivity index (χ3v) is 5.77. The second-order valence-corrected chi connectivity index (χ2v) is 7.96. The number of nitrogens with zero attached hydrogens (tertiary/aromatic N) is 4. The molecule has 164 valence electrons. The van der Waals surface area contributed by atoms with Gasteiger partial charge in [0.25, 0.3) is 5.91 Å². The average molecular weight is 424 g/mol. The van der Waals surface area contributed by atoms with Gasteiger partial charge in [0.2, 0.25) is 11.9 Å². The summed E-state index contributed by atoms with van der Waals surface area (Å²) in [7, 11) is 1.90. The fourth-order valence-corrected chi connectivity index (χ4v) is 4.06. The van der Waals surface area contributed by atoms with Crippen molar-refractivity contribution in [2.45, 2.75) is 45.2 Å². The highest BCUT2D eigenvalue weighted by molar-refractivity contribution is 5.96. The highest BCUT2D eigenvalue weighted by Gasteiger charge is 2.34. The van der Waals surface area contributed by atoms with Crippen LogP contribution in [0.2, 0.25) is 0 Å². The van der Waals surface area contributed by atoms with Crippen LogP contribution in [-0.4, -0.2) is 46.1 Å². The number of nitrogens with two attached hydrogens (primary N) is 1. The highest BCUT2D eigenvalue weighted by Crippen LogP contribution is 2.30. The Morgan fingerprint density at radius 2 is 2.06 bits per heavy atom. The number of benzene rings is 1. The molecular formula is C22H29N7O2. The van der Waals surface area contributed by atoms with E-state index in [1.54, 1.807) is 0 Å². The molecule has 31 heavy (non-hydrogen) atoms. The van der Waals surface area contributed by atoms with Gasteiger partial charge < -0.3 is 21.3 Å². The lowest BCUT2D eigenvalue weighted by molar-refractivity contribution is -0.117. The third-order valence-electron chi connectivity index (χ3n) is 5.77. The van der Waals surface area contributed by atoms with Crippen LogP contribution >= 0.6 is 0 Å². The molecule has 1 saturated carbocycles. The van der Waals surface area contributed by atoms with Gasteiger partial charge in [-0.25, -0.2) is 0 Å². The molecule has 0 radical (unpaired) electrons. The molecule has 2 amide bonds. The number of aromatic nitrogens is 3. The molecule has 9 heteroatoms. The Morgan fingerprint density at radius 1 is 1.29 bits per heavy atom. The van der Waals surface area contributed by atoms with Crippen molar-refractivity contribution in [1.29, 1.82) is 0 Å². The quantitative estimate of drug-likeness (QED) is 0.583. The molecule has 0 spiro atoms. The Labute approximate surface area is 182 Å². The maximum Gasteiger partial charge on any atom is 0.273 e. The predicted octanol–water partition coefficient (Wildman–Crippen LogP) is 2.32. The van der Waals surface area contributed by atoms with Crippen molar-refractivity contribution in [2.24, 2.45) is 11.7 Å². The standard InChI is InChI=1S/C22H29N7O2/c1-5-18(30)25-16-10-7-11-17(14(16)3)29(4)22-26-21(19(20(23)31)27-28-22)24-15-9-6-8-13(2)12-15/h5-6,8-9,12,14,16-17H,1,7,10-11H2,2-4H3,(H2,23,31)(H,25,30)(H,24,26,28)/t14-,16?,17+/m0/s1. The van der Waals surface area contributed by atoms with Crippen LogP contribution in [0.15, 0.2) is 36.9 Å². The predicted molar refractivity (Wildman–Crippen MR) is 120 cm³/mol. The lowest BCUT2D eigenvalue weighted by Gasteiger charge is -2.41. The van der Waals surface area contributed by atoms with Crippen LogP contribution < -0.4 is 21.3 Å². The minimum atomic E-state index is -0.706. The van der Waals surface area contributed by atoms with Crippen molar-refractivity contribution in [3.63, 3.8) is 0 Å². The minimum absolute atomic E-state index is 0.0218. The molecule has 0 aliphatic heterocycles. The van der Waals surface area contributed by atoms with Crippen LogP contribution in [0.3, 0.4) is 0 Å². The first-order chi connectivity index (χ1) is 14.8. The van der Waals surface area contributed by atoms with Crippen LogP contribution in [0.5, 0.6) is 0 Å². The van der Waals surface area contributed by atoms with Gasteiger partial charge >= 0.3 is 0 Å². The second-order valence-electron chi connectivity index (χ2n) is 7.96. The molecule has 1 unspecified atom stereocenters. The Balaban J connectivity index is 1.86. The zero-order chi connectivity index (χ0) is 22.5. The summed E-state index contributed by atoms with van der Waals surface area (Å²) in [6.45, 7) is 7.61. The smallest absolute Gasteiger partial charge is 0.273 e. The van der Waals surface area contributed by atoms with Gasteiger partial charge in [-0.2, -0.15) is 4.98 Å². The molecule has 9 nitrogen and oxygen atoms in total. The molecule has 1 aromatic carbocycles. The first-order valence-electron chi connectivity index (χ1n) is 10.3. The van der Waals surface area contributed by atoms with Crippen LogP contribution in [0, 0.1) is 12.8 Å².